The third-order valence-electron chi connectivity index (χ3n) is 9.33. The molecule has 0 aromatic rings. The Balaban J connectivity index is 1.70. The molecule has 3 saturated carbocycles. The molecular weight excluding hydrogens is 378 g/mol. The minimum atomic E-state index is -0.839. The van der Waals surface area contributed by atoms with Crippen molar-refractivity contribution in [3.8, 4) is 0 Å². The van der Waals surface area contributed by atoms with Crippen molar-refractivity contribution in [2.24, 2.45) is 28.6 Å². The Labute approximate surface area is 180 Å². The van der Waals surface area contributed by atoms with Gasteiger partial charge in [0.15, 0.2) is 5.60 Å². The molecule has 5 heteroatoms. The Bertz CT molecular complexity index is 803. The molecule has 0 spiro atoms. The topological polar surface area (TPSA) is 75.6 Å². The predicted octanol–water partition coefficient (Wildman–Crippen LogP) is 4.26. The first-order valence-electron chi connectivity index (χ1n) is 11.6. The van der Waals surface area contributed by atoms with Gasteiger partial charge < -0.3 is 15.2 Å². The Kier molecular flexibility index (Phi) is 5.20. The van der Waals surface area contributed by atoms with Crippen LogP contribution in [-0.2, 0) is 14.3 Å². The van der Waals surface area contributed by atoms with Crippen LogP contribution < -0.4 is 5.32 Å². The van der Waals surface area contributed by atoms with Gasteiger partial charge in [0.1, 0.15) is 0 Å². The van der Waals surface area contributed by atoms with Crippen LogP contribution in [0.4, 0.5) is 0 Å². The summed E-state index contributed by atoms with van der Waals surface area (Å²) in [6.45, 7) is 11.8. The highest BCUT2D eigenvalue weighted by Crippen LogP contribution is 2.68. The van der Waals surface area contributed by atoms with Crippen LogP contribution >= 0.6 is 0 Å². The number of aliphatic hydroxyl groups excluding tert-OH is 1. The van der Waals surface area contributed by atoms with Gasteiger partial charge in [0, 0.05) is 19.3 Å². The number of rotatable bonds is 3. The predicted molar refractivity (Wildman–Crippen MR) is 115 cm³/mol. The molecule has 5 nitrogen and oxygen atoms in total. The number of aliphatic hydroxyl groups is 1. The molecule has 166 valence electrons. The fourth-order valence-corrected chi connectivity index (χ4v) is 7.92. The van der Waals surface area contributed by atoms with E-state index in [2.05, 4.69) is 31.8 Å². The van der Waals surface area contributed by atoms with Crippen molar-refractivity contribution in [3.63, 3.8) is 0 Å². The van der Waals surface area contributed by atoms with Crippen LogP contribution in [0.3, 0.4) is 0 Å². The Morgan fingerprint density at radius 2 is 1.83 bits per heavy atom. The quantitative estimate of drug-likeness (QED) is 0.533. The van der Waals surface area contributed by atoms with Crippen molar-refractivity contribution in [2.75, 3.05) is 0 Å². The second-order valence-corrected chi connectivity index (χ2v) is 10.7. The molecule has 0 aromatic heterocycles. The maximum absolute atomic E-state index is 12.2. The summed E-state index contributed by atoms with van der Waals surface area (Å²) in [5.74, 6) is 1.07. The van der Waals surface area contributed by atoms with Crippen LogP contribution in [0.5, 0.6) is 0 Å². The first-order chi connectivity index (χ1) is 14.0. The molecule has 0 aromatic carbocycles. The second kappa shape index (κ2) is 7.22. The SMILES string of the molecule is C=C(NC(C)=O)[C@@]1(OC(C)=O)CCC2C3CC=C4CC(O)CC[C@]4(C)C3CC[C@@]21C. The summed E-state index contributed by atoms with van der Waals surface area (Å²) >= 11 is 0. The van der Waals surface area contributed by atoms with E-state index >= 15 is 0 Å². The number of fused-ring (bicyclic) bond motifs is 5. The van der Waals surface area contributed by atoms with Gasteiger partial charge in [0.2, 0.25) is 5.91 Å². The zero-order valence-corrected chi connectivity index (χ0v) is 18.9. The summed E-state index contributed by atoms with van der Waals surface area (Å²) in [7, 11) is 0. The number of esters is 1. The fraction of sp³-hybridized carbons (Fsp3) is 0.760. The van der Waals surface area contributed by atoms with Crippen molar-refractivity contribution >= 4 is 11.9 Å². The van der Waals surface area contributed by atoms with Gasteiger partial charge in [-0.1, -0.05) is 32.1 Å². The Hall–Kier alpha value is -1.62. The number of ether oxygens (including phenoxy) is 1. The average molecular weight is 416 g/mol. The highest BCUT2D eigenvalue weighted by atomic mass is 16.6. The number of allylic oxidation sites excluding steroid dienone is 1. The lowest BCUT2D eigenvalue weighted by atomic mass is 9.46. The number of hydrogen-bond acceptors (Lipinski definition) is 4. The van der Waals surface area contributed by atoms with E-state index in [4.69, 9.17) is 4.74 Å². The second-order valence-electron chi connectivity index (χ2n) is 10.7. The van der Waals surface area contributed by atoms with Gasteiger partial charge >= 0.3 is 5.97 Å². The molecule has 4 rings (SSSR count). The molecule has 2 N–H and O–H groups in total. The zero-order chi connectivity index (χ0) is 21.9. The summed E-state index contributed by atoms with van der Waals surface area (Å²) < 4.78 is 6.06. The van der Waals surface area contributed by atoms with Crippen molar-refractivity contribution in [2.45, 2.75) is 90.8 Å². The minimum Gasteiger partial charge on any atom is -0.452 e. The van der Waals surface area contributed by atoms with Crippen molar-refractivity contribution < 1.29 is 19.4 Å². The van der Waals surface area contributed by atoms with E-state index in [1.807, 2.05) is 0 Å². The number of carbonyl (C=O) groups excluding carboxylic acids is 2. The first kappa shape index (κ1) is 21.6. The molecule has 1 amide bonds. The molecule has 0 heterocycles. The zero-order valence-electron chi connectivity index (χ0n) is 18.9. The number of amides is 1. The van der Waals surface area contributed by atoms with E-state index in [1.54, 1.807) is 0 Å². The molecule has 30 heavy (non-hydrogen) atoms. The average Bonchev–Trinajstić information content (AvgIpc) is 2.95. The standard InChI is InChI=1S/C25H37NO4/c1-15(26-16(2)27)25(30-17(3)28)13-10-22-20-7-6-18-14-19(29)8-11-23(18,4)21(20)9-12-24(22,25)5/h6,19-22,29H,1,7-14H2,2-5H3,(H,26,27)/t19?,20?,21?,22?,23-,24-,25-/m0/s1. The van der Waals surface area contributed by atoms with Gasteiger partial charge in [-0.3, -0.25) is 9.59 Å². The van der Waals surface area contributed by atoms with E-state index in [-0.39, 0.29) is 28.8 Å². The largest absolute Gasteiger partial charge is 0.452 e. The number of carbonyl (C=O) groups is 2. The van der Waals surface area contributed by atoms with E-state index in [0.29, 0.717) is 29.9 Å². The third kappa shape index (κ3) is 2.99. The molecule has 0 bridgehead atoms. The van der Waals surface area contributed by atoms with Gasteiger partial charge in [-0.15, -0.1) is 0 Å². The molecular formula is C25H37NO4. The lowest BCUT2D eigenvalue weighted by molar-refractivity contribution is -0.174. The maximum atomic E-state index is 12.2. The monoisotopic (exact) mass is 415 g/mol. The molecule has 4 aliphatic carbocycles. The maximum Gasteiger partial charge on any atom is 0.303 e. The van der Waals surface area contributed by atoms with Crippen LogP contribution in [0.1, 0.15) is 79.1 Å². The van der Waals surface area contributed by atoms with E-state index in [0.717, 1.165) is 44.9 Å². The van der Waals surface area contributed by atoms with E-state index in [9.17, 15) is 14.7 Å². The summed E-state index contributed by atoms with van der Waals surface area (Å²) in [5, 5.41) is 13.1. The normalized spacial score (nSPS) is 44.8. The molecule has 0 radical (unpaired) electrons. The minimum absolute atomic E-state index is 0.171. The summed E-state index contributed by atoms with van der Waals surface area (Å²) in [5.41, 5.74) is 1.08. The van der Waals surface area contributed by atoms with E-state index < -0.39 is 5.60 Å². The summed E-state index contributed by atoms with van der Waals surface area (Å²) in [4.78, 5) is 24.0. The van der Waals surface area contributed by atoms with Crippen LogP contribution in [0.2, 0.25) is 0 Å². The number of nitrogens with one attached hydrogen (secondary N) is 1. The van der Waals surface area contributed by atoms with Crippen molar-refractivity contribution in [1.29, 1.82) is 0 Å². The van der Waals surface area contributed by atoms with Gasteiger partial charge in [0.05, 0.1) is 11.8 Å². The van der Waals surface area contributed by atoms with E-state index in [1.165, 1.54) is 19.4 Å². The summed E-state index contributed by atoms with van der Waals surface area (Å²) in [6.07, 6.45) is 9.72. The van der Waals surface area contributed by atoms with Gasteiger partial charge in [-0.05, 0) is 74.5 Å². The van der Waals surface area contributed by atoms with Gasteiger partial charge in [0.25, 0.3) is 0 Å². The van der Waals surface area contributed by atoms with Gasteiger partial charge in [-0.2, -0.15) is 0 Å². The molecule has 4 aliphatic rings. The molecule has 7 atom stereocenters. The Morgan fingerprint density at radius 3 is 2.50 bits per heavy atom. The molecule has 0 saturated heterocycles. The first-order valence-corrected chi connectivity index (χ1v) is 11.6. The van der Waals surface area contributed by atoms with Crippen LogP contribution in [0, 0.1) is 28.6 Å². The summed E-state index contributed by atoms with van der Waals surface area (Å²) in [6, 6.07) is 0. The van der Waals surface area contributed by atoms with Crippen LogP contribution in [0.25, 0.3) is 0 Å². The van der Waals surface area contributed by atoms with Crippen LogP contribution in [0.15, 0.2) is 23.9 Å². The third-order valence-corrected chi connectivity index (χ3v) is 9.33. The highest BCUT2D eigenvalue weighted by molar-refractivity contribution is 5.75. The van der Waals surface area contributed by atoms with Crippen LogP contribution in [-0.4, -0.2) is 28.7 Å². The molecule has 0 aliphatic heterocycles. The fourth-order valence-electron chi connectivity index (χ4n) is 7.92. The number of hydrogen-bond donors (Lipinski definition) is 2. The molecule has 3 fully saturated rings. The smallest absolute Gasteiger partial charge is 0.303 e. The van der Waals surface area contributed by atoms with Crippen molar-refractivity contribution in [3.05, 3.63) is 23.9 Å². The molecule has 4 unspecified atom stereocenters. The van der Waals surface area contributed by atoms with Crippen molar-refractivity contribution in [1.82, 2.24) is 5.32 Å². The Morgan fingerprint density at radius 1 is 1.13 bits per heavy atom. The van der Waals surface area contributed by atoms with Gasteiger partial charge in [-0.25, -0.2) is 0 Å². The highest BCUT2D eigenvalue weighted by Gasteiger charge is 2.66. The lowest BCUT2D eigenvalue weighted by Gasteiger charge is -2.59. The lowest BCUT2D eigenvalue weighted by Crippen LogP contribution is -2.58.